The molecule has 0 atom stereocenters. The molecule has 0 aliphatic carbocycles. The first-order valence-corrected chi connectivity index (χ1v) is 7.55. The van der Waals surface area contributed by atoms with Crippen molar-refractivity contribution in [2.45, 2.75) is 45.6 Å². The van der Waals surface area contributed by atoms with Crippen LogP contribution in [0.1, 0.15) is 45.6 Å². The molecule has 1 rings (SSSR count). The van der Waals surface area contributed by atoms with Crippen LogP contribution in [0.2, 0.25) is 0 Å². The lowest BCUT2D eigenvalue weighted by atomic mass is 9.89. The number of benzene rings is 1. The smallest absolute Gasteiger partial charge is 0.106 e. The zero-order valence-corrected chi connectivity index (χ0v) is 13.6. The summed E-state index contributed by atoms with van der Waals surface area (Å²) in [6.45, 7) is 6.62. The Morgan fingerprint density at radius 2 is 1.83 bits per heavy atom. The van der Waals surface area contributed by atoms with E-state index in [2.05, 4.69) is 42.0 Å². The van der Waals surface area contributed by atoms with Crippen LogP contribution in [-0.4, -0.2) is 10.5 Å². The number of nitrogens with two attached hydrogens (primary N) is 1. The van der Waals surface area contributed by atoms with Crippen molar-refractivity contribution in [3.8, 4) is 0 Å². The van der Waals surface area contributed by atoms with Crippen molar-refractivity contribution in [2.75, 3.05) is 5.32 Å². The number of rotatable bonds is 6. The number of halogens is 1. The number of hydrogen-bond acceptors (Lipinski definition) is 2. The van der Waals surface area contributed by atoms with Gasteiger partial charge in [-0.15, -0.1) is 0 Å². The quantitative estimate of drug-likeness (QED) is 0.757. The number of thiocarbonyl (C=S) groups is 1. The molecular formula is C14H21BrN2S. The molecule has 1 aromatic rings. The highest BCUT2D eigenvalue weighted by molar-refractivity contribution is 9.10. The van der Waals surface area contributed by atoms with E-state index in [0.717, 1.165) is 35.0 Å². The minimum absolute atomic E-state index is 0.118. The summed E-state index contributed by atoms with van der Waals surface area (Å²) in [5.41, 5.74) is 7.84. The Labute approximate surface area is 123 Å². The van der Waals surface area contributed by atoms with E-state index in [1.165, 1.54) is 0 Å². The molecule has 0 aromatic heterocycles. The molecule has 0 saturated heterocycles. The van der Waals surface area contributed by atoms with Gasteiger partial charge in [0.05, 0.1) is 0 Å². The molecule has 0 aliphatic rings. The zero-order valence-electron chi connectivity index (χ0n) is 11.2. The summed E-state index contributed by atoms with van der Waals surface area (Å²) in [5.74, 6) is 0. The Hall–Kier alpha value is -0.610. The number of anilines is 1. The van der Waals surface area contributed by atoms with Crippen molar-refractivity contribution in [3.63, 3.8) is 0 Å². The summed E-state index contributed by atoms with van der Waals surface area (Å²) >= 11 is 8.58. The fourth-order valence-corrected chi connectivity index (χ4v) is 2.66. The number of nitrogens with one attached hydrogen (secondary N) is 1. The van der Waals surface area contributed by atoms with Crippen LogP contribution in [0.4, 0.5) is 5.69 Å². The van der Waals surface area contributed by atoms with Gasteiger partial charge < -0.3 is 11.1 Å². The van der Waals surface area contributed by atoms with Gasteiger partial charge >= 0.3 is 0 Å². The second kappa shape index (κ2) is 6.53. The third-order valence-corrected chi connectivity index (χ3v) is 4.39. The maximum atomic E-state index is 5.80. The SMILES string of the molecule is CCC(CC)(CC)Nc1ccc(Br)cc1C(N)=S. The summed E-state index contributed by atoms with van der Waals surface area (Å²) in [4.78, 5) is 0.427. The third kappa shape index (κ3) is 3.45. The van der Waals surface area contributed by atoms with Crippen LogP contribution in [0.5, 0.6) is 0 Å². The van der Waals surface area contributed by atoms with Crippen LogP contribution >= 0.6 is 28.1 Å². The molecule has 2 nitrogen and oxygen atoms in total. The van der Waals surface area contributed by atoms with Gasteiger partial charge in [-0.3, -0.25) is 0 Å². The van der Waals surface area contributed by atoms with Crippen molar-refractivity contribution in [1.82, 2.24) is 0 Å². The van der Waals surface area contributed by atoms with E-state index >= 15 is 0 Å². The summed E-state index contributed by atoms with van der Waals surface area (Å²) in [5, 5.41) is 3.63. The van der Waals surface area contributed by atoms with Crippen molar-refractivity contribution in [2.24, 2.45) is 5.73 Å². The summed E-state index contributed by atoms with van der Waals surface area (Å²) in [6.07, 6.45) is 3.23. The first-order valence-electron chi connectivity index (χ1n) is 6.35. The molecule has 0 fully saturated rings. The number of hydrogen-bond donors (Lipinski definition) is 2. The molecule has 0 spiro atoms. The monoisotopic (exact) mass is 328 g/mol. The lowest BCUT2D eigenvalue weighted by Gasteiger charge is -2.34. The molecular weight excluding hydrogens is 308 g/mol. The van der Waals surface area contributed by atoms with Crippen LogP contribution in [0, 0.1) is 0 Å². The Bertz CT molecular complexity index is 420. The average molecular weight is 329 g/mol. The molecule has 0 bridgehead atoms. The first kappa shape index (κ1) is 15.4. The molecule has 0 unspecified atom stereocenters. The van der Waals surface area contributed by atoms with Gasteiger partial charge in [0, 0.05) is 21.3 Å². The van der Waals surface area contributed by atoms with Crippen molar-refractivity contribution in [3.05, 3.63) is 28.2 Å². The minimum atomic E-state index is 0.118. The first-order chi connectivity index (χ1) is 8.48. The predicted octanol–water partition coefficient (Wildman–Crippen LogP) is 4.46. The van der Waals surface area contributed by atoms with Crippen molar-refractivity contribution < 1.29 is 0 Å². The van der Waals surface area contributed by atoms with E-state index in [9.17, 15) is 0 Å². The Morgan fingerprint density at radius 3 is 2.28 bits per heavy atom. The highest BCUT2D eigenvalue weighted by Crippen LogP contribution is 2.29. The maximum Gasteiger partial charge on any atom is 0.106 e. The van der Waals surface area contributed by atoms with Gasteiger partial charge in [-0.25, -0.2) is 0 Å². The highest BCUT2D eigenvalue weighted by Gasteiger charge is 2.24. The van der Waals surface area contributed by atoms with E-state index in [4.69, 9.17) is 18.0 Å². The van der Waals surface area contributed by atoms with Crippen LogP contribution in [0.3, 0.4) is 0 Å². The summed E-state index contributed by atoms with van der Waals surface area (Å²) < 4.78 is 0.992. The predicted molar refractivity (Wildman–Crippen MR) is 87.3 cm³/mol. The van der Waals surface area contributed by atoms with Gasteiger partial charge in [-0.1, -0.05) is 48.9 Å². The van der Waals surface area contributed by atoms with E-state index < -0.39 is 0 Å². The van der Waals surface area contributed by atoms with Gasteiger partial charge in [0.15, 0.2) is 0 Å². The normalized spacial score (nSPS) is 11.3. The van der Waals surface area contributed by atoms with Gasteiger partial charge in [0.1, 0.15) is 4.99 Å². The van der Waals surface area contributed by atoms with Gasteiger partial charge in [-0.05, 0) is 37.5 Å². The molecule has 100 valence electrons. The largest absolute Gasteiger partial charge is 0.389 e. The van der Waals surface area contributed by atoms with Crippen LogP contribution in [0.15, 0.2) is 22.7 Å². The van der Waals surface area contributed by atoms with Crippen molar-refractivity contribution >= 4 is 38.8 Å². The van der Waals surface area contributed by atoms with Crippen LogP contribution in [-0.2, 0) is 0 Å². The van der Waals surface area contributed by atoms with E-state index in [1.54, 1.807) is 0 Å². The van der Waals surface area contributed by atoms with Gasteiger partial charge in [0.2, 0.25) is 0 Å². The Balaban J connectivity index is 3.13. The maximum absolute atomic E-state index is 5.80. The van der Waals surface area contributed by atoms with Crippen LogP contribution < -0.4 is 11.1 Å². The molecule has 18 heavy (non-hydrogen) atoms. The highest BCUT2D eigenvalue weighted by atomic mass is 79.9. The second-order valence-electron chi connectivity index (χ2n) is 4.52. The van der Waals surface area contributed by atoms with E-state index in [1.807, 2.05) is 18.2 Å². The second-order valence-corrected chi connectivity index (χ2v) is 5.88. The lowest BCUT2D eigenvalue weighted by molar-refractivity contribution is 0.420. The molecule has 0 amide bonds. The molecule has 0 aliphatic heterocycles. The molecule has 4 heteroatoms. The fourth-order valence-electron chi connectivity index (χ4n) is 2.13. The van der Waals surface area contributed by atoms with Crippen molar-refractivity contribution in [1.29, 1.82) is 0 Å². The fraction of sp³-hybridized carbons (Fsp3) is 0.500. The molecule has 3 N–H and O–H groups in total. The average Bonchev–Trinajstić information content (AvgIpc) is 2.37. The molecule has 0 saturated carbocycles. The standard InChI is InChI=1S/C14H21BrN2S/c1-4-14(5-2,6-3)17-12-8-7-10(15)9-11(12)13(16)18/h7-9,17H,4-6H2,1-3H3,(H2,16,18). The van der Waals surface area contributed by atoms with Crippen LogP contribution in [0.25, 0.3) is 0 Å². The molecule has 0 heterocycles. The zero-order chi connectivity index (χ0) is 13.8. The molecule has 1 aromatic carbocycles. The van der Waals surface area contributed by atoms with Gasteiger partial charge in [0.25, 0.3) is 0 Å². The van der Waals surface area contributed by atoms with Gasteiger partial charge in [-0.2, -0.15) is 0 Å². The minimum Gasteiger partial charge on any atom is -0.389 e. The topological polar surface area (TPSA) is 38.0 Å². The van der Waals surface area contributed by atoms with E-state index in [-0.39, 0.29) is 5.54 Å². The van der Waals surface area contributed by atoms with E-state index in [0.29, 0.717) is 4.99 Å². The summed E-state index contributed by atoms with van der Waals surface area (Å²) in [6, 6.07) is 6.01. The Kier molecular flexibility index (Phi) is 5.60. The summed E-state index contributed by atoms with van der Waals surface area (Å²) in [7, 11) is 0. The molecule has 0 radical (unpaired) electrons. The third-order valence-electron chi connectivity index (χ3n) is 3.68. The lowest BCUT2D eigenvalue weighted by Crippen LogP contribution is -2.36. The Morgan fingerprint density at radius 1 is 1.28 bits per heavy atom.